The zero-order valence-electron chi connectivity index (χ0n) is 15.9. The molecule has 1 aliphatic rings. The van der Waals surface area contributed by atoms with Crippen molar-refractivity contribution in [3.63, 3.8) is 0 Å². The van der Waals surface area contributed by atoms with Gasteiger partial charge in [0.25, 0.3) is 5.56 Å². The number of thioether (sulfide) groups is 1. The van der Waals surface area contributed by atoms with Crippen LogP contribution in [-0.2, 0) is 4.79 Å². The molecule has 2 aromatic rings. The Kier molecular flexibility index (Phi) is 5.70. The van der Waals surface area contributed by atoms with Gasteiger partial charge in [0.2, 0.25) is 5.91 Å². The highest BCUT2D eigenvalue weighted by Gasteiger charge is 2.32. The van der Waals surface area contributed by atoms with Crippen LogP contribution in [0.2, 0.25) is 0 Å². The monoisotopic (exact) mass is 373 g/mol. The number of carbonyl (C=O) groups is 1. The number of fused-ring (bicyclic) bond motifs is 1. The Labute approximate surface area is 158 Å². The van der Waals surface area contributed by atoms with E-state index < -0.39 is 0 Å². The largest absolute Gasteiger partial charge is 0.358 e. The molecule has 0 radical (unpaired) electrons. The molecule has 6 heteroatoms. The summed E-state index contributed by atoms with van der Waals surface area (Å²) in [5.74, 6) is 0.912. The summed E-state index contributed by atoms with van der Waals surface area (Å²) in [6, 6.07) is 7.60. The van der Waals surface area contributed by atoms with Crippen molar-refractivity contribution >= 4 is 28.6 Å². The van der Waals surface area contributed by atoms with E-state index >= 15 is 0 Å². The fraction of sp³-hybridized carbons (Fsp3) is 0.550. The summed E-state index contributed by atoms with van der Waals surface area (Å²) in [7, 11) is 1.63. The molecule has 0 aliphatic heterocycles. The molecule has 4 unspecified atom stereocenters. The van der Waals surface area contributed by atoms with Crippen molar-refractivity contribution in [3.05, 3.63) is 34.6 Å². The van der Waals surface area contributed by atoms with E-state index in [0.717, 1.165) is 12.8 Å². The molecule has 26 heavy (non-hydrogen) atoms. The van der Waals surface area contributed by atoms with Gasteiger partial charge >= 0.3 is 0 Å². The predicted octanol–water partition coefficient (Wildman–Crippen LogP) is 3.62. The van der Waals surface area contributed by atoms with E-state index in [-0.39, 0.29) is 22.8 Å². The number of carbonyl (C=O) groups excluding carboxylic acids is 1. The Balaban J connectivity index is 2.14. The van der Waals surface area contributed by atoms with Gasteiger partial charge in [-0.3, -0.25) is 14.2 Å². The molecule has 1 amide bonds. The number of aromatic nitrogens is 2. The van der Waals surface area contributed by atoms with E-state index in [1.807, 2.05) is 35.8 Å². The van der Waals surface area contributed by atoms with Gasteiger partial charge in [-0.15, -0.1) is 0 Å². The van der Waals surface area contributed by atoms with Crippen LogP contribution in [-0.4, -0.2) is 27.8 Å². The van der Waals surface area contributed by atoms with E-state index in [9.17, 15) is 9.59 Å². The maximum absolute atomic E-state index is 13.3. The van der Waals surface area contributed by atoms with Crippen molar-refractivity contribution in [2.45, 2.75) is 56.5 Å². The molecular formula is C20H27N3O2S. The maximum Gasteiger partial charge on any atom is 0.262 e. The number of nitrogens with one attached hydrogen (secondary N) is 1. The van der Waals surface area contributed by atoms with E-state index in [1.54, 1.807) is 7.05 Å². The van der Waals surface area contributed by atoms with Crippen molar-refractivity contribution < 1.29 is 4.79 Å². The fourth-order valence-electron chi connectivity index (χ4n) is 3.83. The first-order valence-corrected chi connectivity index (χ1v) is 10.2. The van der Waals surface area contributed by atoms with E-state index in [1.165, 1.54) is 18.2 Å². The summed E-state index contributed by atoms with van der Waals surface area (Å²) in [6.07, 6.45) is 3.29. The molecule has 0 spiro atoms. The summed E-state index contributed by atoms with van der Waals surface area (Å²) in [6.45, 7) is 6.34. The molecule has 0 bridgehead atoms. The predicted molar refractivity (Wildman–Crippen MR) is 107 cm³/mol. The van der Waals surface area contributed by atoms with Crippen LogP contribution in [0.4, 0.5) is 0 Å². The second-order valence-corrected chi connectivity index (χ2v) is 8.60. The van der Waals surface area contributed by atoms with Crippen molar-refractivity contribution in [2.75, 3.05) is 7.05 Å². The highest BCUT2D eigenvalue weighted by molar-refractivity contribution is 8.00. The lowest BCUT2D eigenvalue weighted by molar-refractivity contribution is -0.119. The minimum Gasteiger partial charge on any atom is -0.358 e. The molecule has 1 aromatic heterocycles. The average molecular weight is 374 g/mol. The van der Waals surface area contributed by atoms with Crippen LogP contribution in [0.1, 0.15) is 46.1 Å². The Morgan fingerprint density at radius 2 is 2.04 bits per heavy atom. The number of rotatable bonds is 4. The molecule has 4 atom stereocenters. The summed E-state index contributed by atoms with van der Waals surface area (Å²) in [5, 5.41) is 3.66. The van der Waals surface area contributed by atoms with Gasteiger partial charge in [0, 0.05) is 13.1 Å². The highest BCUT2D eigenvalue weighted by Crippen LogP contribution is 2.39. The van der Waals surface area contributed by atoms with Crippen molar-refractivity contribution in [2.24, 2.45) is 11.8 Å². The zero-order valence-corrected chi connectivity index (χ0v) is 16.7. The molecule has 0 saturated heterocycles. The van der Waals surface area contributed by atoms with Crippen molar-refractivity contribution in [1.29, 1.82) is 0 Å². The molecule has 1 heterocycles. The van der Waals surface area contributed by atoms with E-state index in [0.29, 0.717) is 27.9 Å². The van der Waals surface area contributed by atoms with Gasteiger partial charge in [-0.25, -0.2) is 4.98 Å². The summed E-state index contributed by atoms with van der Waals surface area (Å²) < 4.78 is 1.87. The first kappa shape index (κ1) is 19.0. The average Bonchev–Trinajstić information content (AvgIpc) is 2.64. The second-order valence-electron chi connectivity index (χ2n) is 7.30. The molecule has 1 aliphatic carbocycles. The summed E-state index contributed by atoms with van der Waals surface area (Å²) in [4.78, 5) is 30.1. The third-order valence-electron chi connectivity index (χ3n) is 5.67. The third kappa shape index (κ3) is 3.52. The van der Waals surface area contributed by atoms with Crippen LogP contribution in [0.15, 0.2) is 34.2 Å². The molecule has 1 saturated carbocycles. The molecule has 140 valence electrons. The van der Waals surface area contributed by atoms with Gasteiger partial charge in [-0.2, -0.15) is 0 Å². The molecule has 5 nitrogen and oxygen atoms in total. The smallest absolute Gasteiger partial charge is 0.262 e. The first-order valence-electron chi connectivity index (χ1n) is 9.33. The van der Waals surface area contributed by atoms with Crippen LogP contribution < -0.4 is 10.9 Å². The van der Waals surface area contributed by atoms with Crippen LogP contribution in [0.25, 0.3) is 10.9 Å². The molecule has 1 N–H and O–H groups in total. The van der Waals surface area contributed by atoms with Crippen LogP contribution in [0.5, 0.6) is 0 Å². The lowest BCUT2D eigenvalue weighted by Crippen LogP contribution is -2.36. The summed E-state index contributed by atoms with van der Waals surface area (Å²) in [5.41, 5.74) is 0.699. The van der Waals surface area contributed by atoms with Gasteiger partial charge in [0.15, 0.2) is 5.16 Å². The van der Waals surface area contributed by atoms with Crippen molar-refractivity contribution in [3.8, 4) is 0 Å². The number of nitrogens with zero attached hydrogens (tertiary/aromatic N) is 2. The first-order chi connectivity index (χ1) is 12.4. The summed E-state index contributed by atoms with van der Waals surface area (Å²) >= 11 is 1.37. The van der Waals surface area contributed by atoms with E-state index in [2.05, 4.69) is 19.2 Å². The lowest BCUT2D eigenvalue weighted by Gasteiger charge is -2.36. The Hall–Kier alpha value is -1.82. The number of amides is 1. The normalized spacial score (nSPS) is 24.4. The topological polar surface area (TPSA) is 64.0 Å². The van der Waals surface area contributed by atoms with Crippen LogP contribution in [0, 0.1) is 11.8 Å². The SMILES string of the molecule is CNC(=O)C(C)Sc1nc2ccccc2c(=O)n1C1CCCC(C)C1C. The molecule has 1 fully saturated rings. The number of hydrogen-bond acceptors (Lipinski definition) is 4. The zero-order chi connectivity index (χ0) is 18.8. The van der Waals surface area contributed by atoms with Gasteiger partial charge in [-0.05, 0) is 37.3 Å². The molecule has 3 rings (SSSR count). The van der Waals surface area contributed by atoms with Crippen molar-refractivity contribution in [1.82, 2.24) is 14.9 Å². The standard InChI is InChI=1S/C20H27N3O2S/c1-12-8-7-11-17(13(12)2)23-19(25)15-9-5-6-10-16(15)22-20(23)26-14(3)18(24)21-4/h5-6,9-10,12-14,17H,7-8,11H2,1-4H3,(H,21,24). The van der Waals surface area contributed by atoms with Crippen LogP contribution >= 0.6 is 11.8 Å². The highest BCUT2D eigenvalue weighted by atomic mass is 32.2. The Morgan fingerprint density at radius 3 is 2.77 bits per heavy atom. The van der Waals surface area contributed by atoms with Crippen LogP contribution in [0.3, 0.4) is 0 Å². The quantitative estimate of drug-likeness (QED) is 0.657. The number of benzene rings is 1. The second kappa shape index (κ2) is 7.82. The Bertz CT molecular complexity index is 864. The molecule has 1 aromatic carbocycles. The maximum atomic E-state index is 13.3. The van der Waals surface area contributed by atoms with Gasteiger partial charge in [0.05, 0.1) is 16.2 Å². The minimum absolute atomic E-state index is 0.00755. The minimum atomic E-state index is -0.310. The van der Waals surface area contributed by atoms with Gasteiger partial charge < -0.3 is 5.32 Å². The molecular weight excluding hydrogens is 346 g/mol. The fourth-order valence-corrected chi connectivity index (χ4v) is 4.86. The Morgan fingerprint density at radius 1 is 1.31 bits per heavy atom. The number of para-hydroxylation sites is 1. The van der Waals surface area contributed by atoms with Gasteiger partial charge in [-0.1, -0.05) is 50.6 Å². The third-order valence-corrected chi connectivity index (χ3v) is 6.74. The van der Waals surface area contributed by atoms with Gasteiger partial charge in [0.1, 0.15) is 0 Å². The number of hydrogen-bond donors (Lipinski definition) is 1. The lowest BCUT2D eigenvalue weighted by atomic mass is 9.78. The van der Waals surface area contributed by atoms with E-state index in [4.69, 9.17) is 4.98 Å².